The van der Waals surface area contributed by atoms with E-state index in [2.05, 4.69) is 0 Å². The molecule has 1 aliphatic heterocycles. The largest absolute Gasteiger partial charge is 0.480 e. The van der Waals surface area contributed by atoms with Gasteiger partial charge in [0.2, 0.25) is 5.91 Å². The summed E-state index contributed by atoms with van der Waals surface area (Å²) in [6.45, 7) is 1.87. The minimum atomic E-state index is -1.18. The van der Waals surface area contributed by atoms with Crippen LogP contribution in [0.1, 0.15) is 6.92 Å². The van der Waals surface area contributed by atoms with E-state index in [-0.39, 0.29) is 12.5 Å². The average Bonchev–Trinajstić information content (AvgIpc) is 2.19. The normalized spacial score (nSPS) is 34.0. The molecule has 0 spiro atoms. The molecule has 0 aromatic rings. The van der Waals surface area contributed by atoms with Crippen molar-refractivity contribution in [3.63, 3.8) is 0 Å². The molecule has 1 rings (SSSR count). The molecular formula is C9H16N2O4. The van der Waals surface area contributed by atoms with Gasteiger partial charge in [-0.25, -0.2) is 4.79 Å². The zero-order chi connectivity index (χ0) is 11.7. The number of aliphatic carboxylic acids is 1. The van der Waals surface area contributed by atoms with Crippen LogP contribution >= 0.6 is 0 Å². The number of hydrogen-bond donors (Lipinski definition) is 2. The van der Waals surface area contributed by atoms with Gasteiger partial charge in [0.15, 0.2) is 6.04 Å². The van der Waals surface area contributed by atoms with Gasteiger partial charge in [0.05, 0.1) is 12.1 Å². The standard InChI is InChI=1S/C9H16N2O4/c1-5-8(13)11(3)7(9(14)15)6(12)4-10(5)2/h5-7,12H,4H2,1-3H3,(H,14,15)/t5?,6-,7-/m0/s1. The second kappa shape index (κ2) is 4.16. The number of carboxylic acid groups (broad SMARTS) is 1. The lowest BCUT2D eigenvalue weighted by Crippen LogP contribution is -2.50. The summed E-state index contributed by atoms with van der Waals surface area (Å²) >= 11 is 0. The maximum absolute atomic E-state index is 11.7. The minimum Gasteiger partial charge on any atom is -0.480 e. The Balaban J connectivity index is 3.00. The van der Waals surface area contributed by atoms with Gasteiger partial charge in [0, 0.05) is 13.6 Å². The SMILES string of the molecule is CC1C(=O)N(C)[C@H](C(=O)O)[C@@H](O)CN1C. The smallest absolute Gasteiger partial charge is 0.329 e. The maximum atomic E-state index is 11.7. The molecule has 86 valence electrons. The van der Waals surface area contributed by atoms with Crippen molar-refractivity contribution in [2.24, 2.45) is 0 Å². The van der Waals surface area contributed by atoms with E-state index in [1.165, 1.54) is 7.05 Å². The van der Waals surface area contributed by atoms with E-state index in [0.29, 0.717) is 0 Å². The predicted molar refractivity (Wildman–Crippen MR) is 52.3 cm³/mol. The van der Waals surface area contributed by atoms with Crippen molar-refractivity contribution in [1.82, 2.24) is 9.80 Å². The van der Waals surface area contributed by atoms with Gasteiger partial charge in [-0.3, -0.25) is 9.69 Å². The first-order valence-corrected chi connectivity index (χ1v) is 4.74. The lowest BCUT2D eigenvalue weighted by atomic mass is 10.1. The Morgan fingerprint density at radius 3 is 2.47 bits per heavy atom. The molecule has 1 saturated heterocycles. The molecule has 6 nitrogen and oxygen atoms in total. The zero-order valence-corrected chi connectivity index (χ0v) is 9.04. The van der Waals surface area contributed by atoms with Crippen LogP contribution < -0.4 is 0 Å². The van der Waals surface area contributed by atoms with Crippen LogP contribution in [0.4, 0.5) is 0 Å². The summed E-state index contributed by atoms with van der Waals surface area (Å²) < 4.78 is 0. The van der Waals surface area contributed by atoms with E-state index in [1.807, 2.05) is 0 Å². The Bertz CT molecular complexity index is 281. The molecule has 0 radical (unpaired) electrons. The van der Waals surface area contributed by atoms with Crippen molar-refractivity contribution in [3.05, 3.63) is 0 Å². The molecule has 3 atom stereocenters. The third kappa shape index (κ3) is 2.10. The highest BCUT2D eigenvalue weighted by Crippen LogP contribution is 2.14. The van der Waals surface area contributed by atoms with E-state index in [0.717, 1.165) is 4.90 Å². The van der Waals surface area contributed by atoms with Crippen LogP contribution in [0.5, 0.6) is 0 Å². The number of amides is 1. The molecule has 0 bridgehead atoms. The third-order valence-corrected chi connectivity index (χ3v) is 2.88. The second-order valence-electron chi connectivity index (χ2n) is 3.92. The van der Waals surface area contributed by atoms with E-state index < -0.39 is 24.2 Å². The molecule has 1 aliphatic rings. The predicted octanol–water partition coefficient (Wildman–Crippen LogP) is -1.41. The summed E-state index contributed by atoms with van der Waals surface area (Å²) in [7, 11) is 3.09. The van der Waals surface area contributed by atoms with E-state index in [9.17, 15) is 14.7 Å². The fourth-order valence-electron chi connectivity index (χ4n) is 1.76. The summed E-state index contributed by atoms with van der Waals surface area (Å²) in [5, 5.41) is 18.6. The first-order chi connectivity index (χ1) is 6.86. The van der Waals surface area contributed by atoms with E-state index in [1.54, 1.807) is 18.9 Å². The summed E-state index contributed by atoms with van der Waals surface area (Å²) in [6.07, 6.45) is -1.06. The number of aliphatic hydroxyl groups excluding tert-OH is 1. The number of carbonyl (C=O) groups is 2. The quantitative estimate of drug-likeness (QED) is 0.563. The summed E-state index contributed by atoms with van der Waals surface area (Å²) in [4.78, 5) is 25.4. The van der Waals surface area contributed by atoms with Crippen LogP contribution in [0.2, 0.25) is 0 Å². The van der Waals surface area contributed by atoms with Crippen molar-refractivity contribution < 1.29 is 19.8 Å². The van der Waals surface area contributed by atoms with Crippen molar-refractivity contribution in [3.8, 4) is 0 Å². The summed E-state index contributed by atoms with van der Waals surface area (Å²) in [5.41, 5.74) is 0. The summed E-state index contributed by atoms with van der Waals surface area (Å²) in [6, 6.07) is -1.57. The van der Waals surface area contributed by atoms with Crippen LogP contribution in [0.3, 0.4) is 0 Å². The number of β-amino-alcohol motifs (C(OH)–C–C–N with tert-alkyl or cyclic N) is 1. The minimum absolute atomic E-state index is 0.175. The number of hydrogen-bond acceptors (Lipinski definition) is 4. The number of rotatable bonds is 1. The monoisotopic (exact) mass is 216 g/mol. The Morgan fingerprint density at radius 1 is 1.47 bits per heavy atom. The van der Waals surface area contributed by atoms with Gasteiger partial charge in [-0.1, -0.05) is 0 Å². The Morgan fingerprint density at radius 2 is 2.00 bits per heavy atom. The fraction of sp³-hybridized carbons (Fsp3) is 0.778. The lowest BCUT2D eigenvalue weighted by molar-refractivity contribution is -0.152. The highest BCUT2D eigenvalue weighted by molar-refractivity contribution is 5.87. The highest BCUT2D eigenvalue weighted by Gasteiger charge is 2.40. The van der Waals surface area contributed by atoms with Gasteiger partial charge in [0.1, 0.15) is 0 Å². The van der Waals surface area contributed by atoms with Crippen LogP contribution in [0, 0.1) is 0 Å². The Hall–Kier alpha value is -1.14. The van der Waals surface area contributed by atoms with Crippen molar-refractivity contribution in [2.45, 2.75) is 25.1 Å². The van der Waals surface area contributed by atoms with Crippen LogP contribution in [-0.4, -0.2) is 70.7 Å². The molecule has 2 N–H and O–H groups in total. The second-order valence-corrected chi connectivity index (χ2v) is 3.92. The number of likely N-dealkylation sites (N-methyl/N-ethyl adjacent to an activating group) is 2. The lowest BCUT2D eigenvalue weighted by Gasteiger charge is -2.25. The molecule has 1 fully saturated rings. The molecule has 0 aromatic heterocycles. The van der Waals surface area contributed by atoms with Crippen molar-refractivity contribution >= 4 is 11.9 Å². The number of nitrogens with zero attached hydrogens (tertiary/aromatic N) is 2. The molecule has 1 amide bonds. The van der Waals surface area contributed by atoms with Crippen LogP contribution in [0.15, 0.2) is 0 Å². The molecule has 0 saturated carbocycles. The molecule has 0 aromatic carbocycles. The maximum Gasteiger partial charge on any atom is 0.329 e. The van der Waals surface area contributed by atoms with Gasteiger partial charge < -0.3 is 15.1 Å². The van der Waals surface area contributed by atoms with Gasteiger partial charge >= 0.3 is 5.97 Å². The van der Waals surface area contributed by atoms with Crippen LogP contribution in [-0.2, 0) is 9.59 Å². The molecular weight excluding hydrogens is 200 g/mol. The molecule has 15 heavy (non-hydrogen) atoms. The number of carbonyl (C=O) groups excluding carboxylic acids is 1. The van der Waals surface area contributed by atoms with Gasteiger partial charge in [-0.2, -0.15) is 0 Å². The average molecular weight is 216 g/mol. The zero-order valence-electron chi connectivity index (χ0n) is 9.04. The first-order valence-electron chi connectivity index (χ1n) is 4.74. The van der Waals surface area contributed by atoms with E-state index in [4.69, 9.17) is 5.11 Å². The van der Waals surface area contributed by atoms with Crippen LogP contribution in [0.25, 0.3) is 0 Å². The molecule has 1 heterocycles. The van der Waals surface area contributed by atoms with Gasteiger partial charge in [-0.05, 0) is 14.0 Å². The molecule has 1 unspecified atom stereocenters. The third-order valence-electron chi connectivity index (χ3n) is 2.88. The first kappa shape index (κ1) is 11.9. The van der Waals surface area contributed by atoms with Crippen molar-refractivity contribution in [2.75, 3.05) is 20.6 Å². The van der Waals surface area contributed by atoms with Crippen molar-refractivity contribution in [1.29, 1.82) is 0 Å². The van der Waals surface area contributed by atoms with Gasteiger partial charge in [0.25, 0.3) is 0 Å². The highest BCUT2D eigenvalue weighted by atomic mass is 16.4. The van der Waals surface area contributed by atoms with Gasteiger partial charge in [-0.15, -0.1) is 0 Å². The topological polar surface area (TPSA) is 81.1 Å². The fourth-order valence-corrected chi connectivity index (χ4v) is 1.76. The summed E-state index contributed by atoms with van der Waals surface area (Å²) in [5.74, 6) is -1.47. The molecule has 6 heteroatoms. The Kier molecular flexibility index (Phi) is 3.31. The number of aliphatic hydroxyl groups is 1. The van der Waals surface area contributed by atoms with E-state index >= 15 is 0 Å². The number of carboxylic acids is 1. The molecule has 0 aliphatic carbocycles. The Labute approximate surface area is 88.1 Å².